The van der Waals surface area contributed by atoms with Gasteiger partial charge in [0.15, 0.2) is 8.32 Å². The average molecular weight is 391 g/mol. The Morgan fingerprint density at radius 1 is 1.29 bits per heavy atom. The third kappa shape index (κ3) is 5.19. The molecule has 1 saturated heterocycles. The molecule has 0 spiro atoms. The predicted molar refractivity (Wildman–Crippen MR) is 109 cm³/mol. The quantitative estimate of drug-likeness (QED) is 0.645. The van der Waals surface area contributed by atoms with Crippen LogP contribution in [-0.4, -0.2) is 48.3 Å². The molecule has 0 unspecified atom stereocenters. The Kier molecular flexibility index (Phi) is 7.22. The van der Waals surface area contributed by atoms with Crippen molar-refractivity contribution in [1.29, 1.82) is 0 Å². The minimum Gasteiger partial charge on any atom is -0.496 e. The number of aliphatic hydroxyl groups is 1. The van der Waals surface area contributed by atoms with Gasteiger partial charge >= 0.3 is 0 Å². The normalized spacial score (nSPS) is 23.3. The van der Waals surface area contributed by atoms with Crippen molar-refractivity contribution < 1.29 is 14.3 Å². The van der Waals surface area contributed by atoms with E-state index in [0.717, 1.165) is 36.7 Å². The Bertz CT molecular complexity index is 440. The predicted octanol–water partition coefficient (Wildman–Crippen LogP) is 5.02. The number of aliphatic hydroxyl groups excluding tert-OH is 1. The van der Waals surface area contributed by atoms with Crippen LogP contribution in [0.15, 0.2) is 11.8 Å². The van der Waals surface area contributed by atoms with Gasteiger partial charge in [0.1, 0.15) is 9.84 Å². The highest BCUT2D eigenvalue weighted by Crippen LogP contribution is 2.51. The molecule has 6 heteroatoms. The van der Waals surface area contributed by atoms with Crippen molar-refractivity contribution in [3.8, 4) is 0 Å². The van der Waals surface area contributed by atoms with E-state index in [1.807, 2.05) is 23.5 Å². The zero-order chi connectivity index (χ0) is 17.8. The van der Waals surface area contributed by atoms with E-state index in [1.54, 1.807) is 0 Å². The van der Waals surface area contributed by atoms with E-state index < -0.39 is 14.4 Å². The Labute approximate surface area is 157 Å². The molecule has 0 aromatic carbocycles. The third-order valence-electron chi connectivity index (χ3n) is 5.22. The summed E-state index contributed by atoms with van der Waals surface area (Å²) in [4.78, 5) is 0. The maximum Gasteiger partial charge on any atom is 0.192 e. The van der Waals surface area contributed by atoms with Gasteiger partial charge in [-0.1, -0.05) is 20.8 Å². The number of allylic oxidation sites excluding steroid dienone is 1. The second kappa shape index (κ2) is 8.38. The standard InChI is InChI=1S/C18H34O3S2Si/c1-17(2,3)24(4,5)21-14-15(19)13-18(22-11-8-12-23-18)16-9-6-7-10-20-16/h9,15,19H,6-8,10-14H2,1-5H3/t15-/m0/s1. The number of hydrogen-bond acceptors (Lipinski definition) is 5. The SMILES string of the molecule is CC(C)(C)[Si](C)(C)OC[C@@H](O)CC1(C2=CCCCO2)SCCCS1. The lowest BCUT2D eigenvalue weighted by Crippen LogP contribution is -2.44. The van der Waals surface area contributed by atoms with Gasteiger partial charge in [0, 0.05) is 6.42 Å². The molecule has 1 fully saturated rings. The molecule has 2 heterocycles. The Morgan fingerprint density at radius 3 is 2.50 bits per heavy atom. The first kappa shape index (κ1) is 20.7. The molecule has 24 heavy (non-hydrogen) atoms. The van der Waals surface area contributed by atoms with Gasteiger partial charge < -0.3 is 14.3 Å². The summed E-state index contributed by atoms with van der Waals surface area (Å²) < 4.78 is 12.1. The van der Waals surface area contributed by atoms with Crippen molar-refractivity contribution in [2.75, 3.05) is 24.7 Å². The van der Waals surface area contributed by atoms with Crippen molar-refractivity contribution in [2.45, 2.75) is 74.8 Å². The van der Waals surface area contributed by atoms with Gasteiger partial charge in [-0.25, -0.2) is 0 Å². The molecule has 140 valence electrons. The molecular formula is C18H34O3S2Si. The van der Waals surface area contributed by atoms with Gasteiger partial charge in [-0.3, -0.25) is 0 Å². The first-order valence-corrected chi connectivity index (χ1v) is 14.0. The Balaban J connectivity index is 2.00. The summed E-state index contributed by atoms with van der Waals surface area (Å²) in [5.41, 5.74) is 0. The second-order valence-corrected chi connectivity index (χ2v) is 16.1. The fourth-order valence-corrected chi connectivity index (χ4v) is 7.13. The van der Waals surface area contributed by atoms with E-state index in [1.165, 1.54) is 6.42 Å². The van der Waals surface area contributed by atoms with Crippen LogP contribution in [0.4, 0.5) is 0 Å². The minimum atomic E-state index is -1.82. The molecule has 0 aromatic rings. The molecule has 0 aliphatic carbocycles. The van der Waals surface area contributed by atoms with E-state index in [4.69, 9.17) is 9.16 Å². The van der Waals surface area contributed by atoms with Crippen LogP contribution in [0.1, 0.15) is 46.5 Å². The van der Waals surface area contributed by atoms with Gasteiger partial charge in [0.25, 0.3) is 0 Å². The molecular weight excluding hydrogens is 356 g/mol. The van der Waals surface area contributed by atoms with Crippen LogP contribution in [0.2, 0.25) is 18.1 Å². The molecule has 0 aromatic heterocycles. The van der Waals surface area contributed by atoms with Gasteiger partial charge in [-0.2, -0.15) is 0 Å². The lowest BCUT2D eigenvalue weighted by molar-refractivity contribution is 0.0846. The lowest BCUT2D eigenvalue weighted by atomic mass is 10.1. The summed E-state index contributed by atoms with van der Waals surface area (Å²) in [7, 11) is -1.82. The zero-order valence-electron chi connectivity index (χ0n) is 15.9. The first-order chi connectivity index (χ1) is 11.2. The maximum absolute atomic E-state index is 10.7. The van der Waals surface area contributed by atoms with Crippen LogP contribution in [0, 0.1) is 0 Å². The van der Waals surface area contributed by atoms with Crippen molar-refractivity contribution in [2.24, 2.45) is 0 Å². The highest BCUT2D eigenvalue weighted by atomic mass is 32.2. The summed E-state index contributed by atoms with van der Waals surface area (Å²) in [6.07, 6.45) is 5.95. The van der Waals surface area contributed by atoms with Crippen molar-refractivity contribution >= 4 is 31.8 Å². The summed E-state index contributed by atoms with van der Waals surface area (Å²) in [6.45, 7) is 12.4. The van der Waals surface area contributed by atoms with Gasteiger partial charge in [0.05, 0.1) is 19.3 Å². The lowest BCUT2D eigenvalue weighted by Gasteiger charge is -2.41. The highest BCUT2D eigenvalue weighted by Gasteiger charge is 2.43. The first-order valence-electron chi connectivity index (χ1n) is 9.10. The minimum absolute atomic E-state index is 0.116. The van der Waals surface area contributed by atoms with Gasteiger partial charge in [-0.15, -0.1) is 23.5 Å². The molecule has 0 radical (unpaired) electrons. The number of hydrogen-bond donors (Lipinski definition) is 1. The summed E-state index contributed by atoms with van der Waals surface area (Å²) in [5, 5.41) is 10.9. The Hall–Kier alpha value is 0.377. The van der Waals surface area contributed by atoms with Gasteiger partial charge in [-0.05, 0) is 55.0 Å². The fourth-order valence-electron chi connectivity index (χ4n) is 2.65. The van der Waals surface area contributed by atoms with Crippen LogP contribution < -0.4 is 0 Å². The molecule has 3 nitrogen and oxygen atoms in total. The number of ether oxygens (including phenoxy) is 1. The molecule has 2 aliphatic heterocycles. The van der Waals surface area contributed by atoms with Crippen LogP contribution in [0.3, 0.4) is 0 Å². The number of thioether (sulfide) groups is 2. The van der Waals surface area contributed by atoms with Crippen LogP contribution in [-0.2, 0) is 9.16 Å². The summed E-state index contributed by atoms with van der Waals surface area (Å²) in [5.74, 6) is 3.38. The zero-order valence-corrected chi connectivity index (χ0v) is 18.5. The molecule has 1 N–H and O–H groups in total. The van der Waals surface area contributed by atoms with Crippen molar-refractivity contribution in [3.63, 3.8) is 0 Å². The molecule has 0 bridgehead atoms. The van der Waals surface area contributed by atoms with E-state index >= 15 is 0 Å². The van der Waals surface area contributed by atoms with E-state index in [-0.39, 0.29) is 9.12 Å². The monoisotopic (exact) mass is 390 g/mol. The van der Waals surface area contributed by atoms with E-state index in [9.17, 15) is 5.11 Å². The molecule has 2 aliphatic rings. The van der Waals surface area contributed by atoms with E-state index in [0.29, 0.717) is 13.0 Å². The van der Waals surface area contributed by atoms with Crippen LogP contribution >= 0.6 is 23.5 Å². The van der Waals surface area contributed by atoms with Crippen LogP contribution in [0.5, 0.6) is 0 Å². The molecule has 0 amide bonds. The second-order valence-electron chi connectivity index (χ2n) is 8.29. The highest BCUT2D eigenvalue weighted by molar-refractivity contribution is 8.19. The number of rotatable bonds is 6. The van der Waals surface area contributed by atoms with Crippen LogP contribution in [0.25, 0.3) is 0 Å². The summed E-state index contributed by atoms with van der Waals surface area (Å²) >= 11 is 3.90. The fraction of sp³-hybridized carbons (Fsp3) is 0.889. The molecule has 0 saturated carbocycles. The summed E-state index contributed by atoms with van der Waals surface area (Å²) in [6, 6.07) is 0. The topological polar surface area (TPSA) is 38.7 Å². The maximum atomic E-state index is 10.7. The average Bonchev–Trinajstić information content (AvgIpc) is 2.54. The third-order valence-corrected chi connectivity index (χ3v) is 13.1. The smallest absolute Gasteiger partial charge is 0.192 e. The largest absolute Gasteiger partial charge is 0.496 e. The Morgan fingerprint density at radius 2 is 1.96 bits per heavy atom. The van der Waals surface area contributed by atoms with E-state index in [2.05, 4.69) is 39.9 Å². The van der Waals surface area contributed by atoms with Crippen molar-refractivity contribution in [3.05, 3.63) is 11.8 Å². The van der Waals surface area contributed by atoms with Crippen molar-refractivity contribution in [1.82, 2.24) is 0 Å². The molecule has 2 rings (SSSR count). The van der Waals surface area contributed by atoms with Gasteiger partial charge in [0.2, 0.25) is 0 Å². The molecule has 1 atom stereocenters.